The highest BCUT2D eigenvalue weighted by molar-refractivity contribution is 5.96. The number of hydrogen-bond acceptors (Lipinski definition) is 5. The monoisotopic (exact) mass is 365 g/mol. The molecule has 0 bridgehead atoms. The highest BCUT2D eigenvalue weighted by Gasteiger charge is 2.35. The average molecular weight is 365 g/mol. The van der Waals surface area contributed by atoms with Gasteiger partial charge < -0.3 is 14.4 Å². The molecule has 0 radical (unpaired) electrons. The van der Waals surface area contributed by atoms with Crippen LogP contribution in [0.1, 0.15) is 31.7 Å². The highest BCUT2D eigenvalue weighted by atomic mass is 19.1. The predicted molar refractivity (Wildman–Crippen MR) is 92.0 cm³/mol. The first-order valence-electron chi connectivity index (χ1n) is 8.72. The molecular formula is C19H24FNO5. The Labute approximate surface area is 152 Å². The third-order valence-electron chi connectivity index (χ3n) is 4.56. The normalized spacial score (nSPS) is 19.7. The Morgan fingerprint density at radius 1 is 1.31 bits per heavy atom. The third kappa shape index (κ3) is 5.28. The molecule has 6 nitrogen and oxygen atoms in total. The van der Waals surface area contributed by atoms with E-state index in [9.17, 15) is 18.8 Å². The Balaban J connectivity index is 2.09. The average Bonchev–Trinajstić information content (AvgIpc) is 2.61. The minimum Gasteiger partial charge on any atom is -0.466 e. The highest BCUT2D eigenvalue weighted by Crippen LogP contribution is 2.28. The first-order chi connectivity index (χ1) is 12.4. The summed E-state index contributed by atoms with van der Waals surface area (Å²) in [5.41, 5.74) is 0.738. The smallest absolute Gasteiger partial charge is 0.409 e. The molecule has 142 valence electrons. The van der Waals surface area contributed by atoms with Crippen LogP contribution in [-0.2, 0) is 25.5 Å². The number of rotatable bonds is 6. The molecule has 1 aromatic rings. The molecule has 0 aliphatic carbocycles. The zero-order valence-corrected chi connectivity index (χ0v) is 15.1. The second kappa shape index (κ2) is 9.31. The molecular weight excluding hydrogens is 341 g/mol. The van der Waals surface area contributed by atoms with Gasteiger partial charge in [0.15, 0.2) is 0 Å². The van der Waals surface area contributed by atoms with Gasteiger partial charge >= 0.3 is 12.1 Å². The number of likely N-dealkylation sites (tertiary alicyclic amines) is 1. The molecule has 2 rings (SSSR count). The summed E-state index contributed by atoms with van der Waals surface area (Å²) in [5, 5.41) is 0. The number of halogens is 1. The quantitative estimate of drug-likeness (QED) is 0.572. The summed E-state index contributed by atoms with van der Waals surface area (Å²) in [6, 6.07) is 5.87. The zero-order valence-electron chi connectivity index (χ0n) is 15.1. The number of hydrogen-bond donors (Lipinski definition) is 0. The molecule has 1 fully saturated rings. The maximum absolute atomic E-state index is 13.5. The Morgan fingerprint density at radius 3 is 2.73 bits per heavy atom. The van der Waals surface area contributed by atoms with E-state index in [1.54, 1.807) is 24.0 Å². The molecule has 2 atom stereocenters. The van der Waals surface area contributed by atoms with Gasteiger partial charge in [-0.1, -0.05) is 12.1 Å². The van der Waals surface area contributed by atoms with Crippen molar-refractivity contribution in [3.8, 4) is 0 Å². The topological polar surface area (TPSA) is 72.9 Å². The van der Waals surface area contributed by atoms with Crippen LogP contribution in [0, 0.1) is 11.7 Å². The molecule has 1 aliphatic heterocycles. The number of ketones is 1. The van der Waals surface area contributed by atoms with E-state index in [1.807, 2.05) is 0 Å². The van der Waals surface area contributed by atoms with Gasteiger partial charge in [0.25, 0.3) is 0 Å². The first-order valence-corrected chi connectivity index (χ1v) is 8.72. The van der Waals surface area contributed by atoms with E-state index in [1.165, 1.54) is 19.2 Å². The SMILES string of the molecule is CCOC(=O)CC(=O)[C@H]1CCN(C(=O)OC)[C@@H](Cc2cccc(F)c2)C1. The largest absolute Gasteiger partial charge is 0.466 e. The lowest BCUT2D eigenvalue weighted by atomic mass is 9.84. The van der Waals surface area contributed by atoms with Gasteiger partial charge in [0.05, 0.1) is 13.7 Å². The summed E-state index contributed by atoms with van der Waals surface area (Å²) >= 11 is 0. The van der Waals surface area contributed by atoms with Gasteiger partial charge in [0, 0.05) is 18.5 Å². The molecule has 0 saturated carbocycles. The molecule has 7 heteroatoms. The van der Waals surface area contributed by atoms with Crippen molar-refractivity contribution in [2.24, 2.45) is 5.92 Å². The van der Waals surface area contributed by atoms with E-state index in [0.717, 1.165) is 5.56 Å². The van der Waals surface area contributed by atoms with E-state index in [-0.39, 0.29) is 36.6 Å². The number of methoxy groups -OCH3 is 1. The molecule has 0 unspecified atom stereocenters. The van der Waals surface area contributed by atoms with E-state index < -0.39 is 12.1 Å². The van der Waals surface area contributed by atoms with Crippen molar-refractivity contribution in [2.75, 3.05) is 20.3 Å². The number of esters is 1. The van der Waals surface area contributed by atoms with Crippen LogP contribution < -0.4 is 0 Å². The summed E-state index contributed by atoms with van der Waals surface area (Å²) < 4.78 is 23.1. The number of benzene rings is 1. The van der Waals surface area contributed by atoms with Crippen molar-refractivity contribution in [1.82, 2.24) is 4.90 Å². The molecule has 26 heavy (non-hydrogen) atoms. The number of nitrogens with zero attached hydrogens (tertiary/aromatic N) is 1. The second-order valence-electron chi connectivity index (χ2n) is 6.32. The van der Waals surface area contributed by atoms with Gasteiger partial charge in [-0.05, 0) is 43.9 Å². The van der Waals surface area contributed by atoms with E-state index in [4.69, 9.17) is 9.47 Å². The molecule has 1 aliphatic rings. The minimum absolute atomic E-state index is 0.183. The van der Waals surface area contributed by atoms with Crippen LogP contribution in [-0.4, -0.2) is 49.0 Å². The molecule has 1 aromatic carbocycles. The summed E-state index contributed by atoms with van der Waals surface area (Å²) in [5.74, 6) is -1.40. The first kappa shape index (κ1) is 19.9. The van der Waals surface area contributed by atoms with Crippen LogP contribution >= 0.6 is 0 Å². The standard InChI is InChI=1S/C19H24FNO5/c1-3-26-18(23)12-17(22)14-7-8-21(19(24)25-2)16(11-14)10-13-5-4-6-15(20)9-13/h4-6,9,14,16H,3,7-8,10-12H2,1-2H3/t14-,16-/m0/s1. The van der Waals surface area contributed by atoms with E-state index in [2.05, 4.69) is 0 Å². The van der Waals surface area contributed by atoms with Crippen molar-refractivity contribution in [3.63, 3.8) is 0 Å². The van der Waals surface area contributed by atoms with Crippen molar-refractivity contribution < 1.29 is 28.2 Å². The van der Waals surface area contributed by atoms with Crippen LogP contribution in [0.4, 0.5) is 9.18 Å². The number of carbonyl (C=O) groups is 3. The van der Waals surface area contributed by atoms with Gasteiger partial charge in [-0.15, -0.1) is 0 Å². The van der Waals surface area contributed by atoms with Crippen LogP contribution in [0.5, 0.6) is 0 Å². The van der Waals surface area contributed by atoms with Crippen LogP contribution in [0.25, 0.3) is 0 Å². The molecule has 1 saturated heterocycles. The second-order valence-corrected chi connectivity index (χ2v) is 6.32. The summed E-state index contributed by atoms with van der Waals surface area (Å²) in [4.78, 5) is 37.6. The van der Waals surface area contributed by atoms with Gasteiger partial charge in [-0.3, -0.25) is 9.59 Å². The number of carbonyl (C=O) groups excluding carboxylic acids is 3. The molecule has 0 aromatic heterocycles. The fraction of sp³-hybridized carbons (Fsp3) is 0.526. The zero-order chi connectivity index (χ0) is 19.1. The lowest BCUT2D eigenvalue weighted by Crippen LogP contribution is -2.48. The maximum atomic E-state index is 13.5. The van der Waals surface area contributed by atoms with Crippen molar-refractivity contribution in [3.05, 3.63) is 35.6 Å². The molecule has 1 amide bonds. The van der Waals surface area contributed by atoms with Gasteiger partial charge in [-0.25, -0.2) is 9.18 Å². The Kier molecular flexibility index (Phi) is 7.12. The van der Waals surface area contributed by atoms with Crippen LogP contribution in [0.2, 0.25) is 0 Å². The van der Waals surface area contributed by atoms with Crippen LogP contribution in [0.15, 0.2) is 24.3 Å². The molecule has 0 spiro atoms. The van der Waals surface area contributed by atoms with Gasteiger partial charge in [0.2, 0.25) is 0 Å². The minimum atomic E-state index is -0.533. The van der Waals surface area contributed by atoms with Crippen LogP contribution in [0.3, 0.4) is 0 Å². The summed E-state index contributed by atoms with van der Waals surface area (Å²) in [7, 11) is 1.31. The van der Waals surface area contributed by atoms with Crippen molar-refractivity contribution >= 4 is 17.8 Å². The van der Waals surface area contributed by atoms with E-state index in [0.29, 0.717) is 25.8 Å². The fourth-order valence-corrected chi connectivity index (χ4v) is 3.33. The predicted octanol–water partition coefficient (Wildman–Crippen LogP) is 2.74. The summed E-state index contributed by atoms with van der Waals surface area (Å²) in [6.45, 7) is 2.27. The number of amides is 1. The van der Waals surface area contributed by atoms with Gasteiger partial charge in [-0.2, -0.15) is 0 Å². The third-order valence-corrected chi connectivity index (χ3v) is 4.56. The Hall–Kier alpha value is -2.44. The van der Waals surface area contributed by atoms with Crippen molar-refractivity contribution in [2.45, 2.75) is 38.6 Å². The summed E-state index contributed by atoms with van der Waals surface area (Å²) in [6.07, 6.45) is 0.554. The maximum Gasteiger partial charge on any atom is 0.409 e. The Bertz CT molecular complexity index is 663. The van der Waals surface area contributed by atoms with Crippen molar-refractivity contribution in [1.29, 1.82) is 0 Å². The Morgan fingerprint density at radius 2 is 2.08 bits per heavy atom. The van der Waals surface area contributed by atoms with E-state index >= 15 is 0 Å². The van der Waals surface area contributed by atoms with Gasteiger partial charge in [0.1, 0.15) is 18.0 Å². The molecule has 0 N–H and O–H groups in total. The molecule has 1 heterocycles. The lowest BCUT2D eigenvalue weighted by Gasteiger charge is -2.38. The fourth-order valence-electron chi connectivity index (χ4n) is 3.33. The number of piperidine rings is 1. The number of Topliss-reactive ketones (excluding diaryl/α,β-unsaturated/α-hetero) is 1. The lowest BCUT2D eigenvalue weighted by molar-refractivity contribution is -0.146. The number of ether oxygens (including phenoxy) is 2.